The Labute approximate surface area is 158 Å². The van der Waals surface area contributed by atoms with Crippen molar-refractivity contribution < 1.29 is 9.53 Å². The van der Waals surface area contributed by atoms with E-state index in [9.17, 15) is 4.79 Å². The van der Waals surface area contributed by atoms with Gasteiger partial charge in [0.1, 0.15) is 11.3 Å². The van der Waals surface area contributed by atoms with E-state index >= 15 is 0 Å². The van der Waals surface area contributed by atoms with Crippen LogP contribution in [0.1, 0.15) is 28.9 Å². The molecule has 3 aromatic rings. The minimum absolute atomic E-state index is 0.0598. The molecule has 1 aromatic heterocycles. The van der Waals surface area contributed by atoms with Crippen LogP contribution in [0.5, 0.6) is 5.75 Å². The first-order valence-corrected chi connectivity index (χ1v) is 8.95. The van der Waals surface area contributed by atoms with Gasteiger partial charge < -0.3 is 15.0 Å². The number of methoxy groups -OCH3 is 1. The summed E-state index contributed by atoms with van der Waals surface area (Å²) < 4.78 is 7.02. The van der Waals surface area contributed by atoms with E-state index in [1.165, 1.54) is 0 Å². The number of hydrogen-bond acceptors (Lipinski definition) is 5. The molecular weight excluding hydrogens is 342 g/mol. The molecule has 7 nitrogen and oxygen atoms in total. The van der Waals surface area contributed by atoms with Gasteiger partial charge in [-0.15, -0.1) is 5.10 Å². The minimum atomic E-state index is -0.122. The molecule has 142 valence electrons. The molecule has 0 bridgehead atoms. The molecule has 3 rings (SSSR count). The molecule has 1 N–H and O–H groups in total. The van der Waals surface area contributed by atoms with Crippen LogP contribution in [-0.4, -0.2) is 53.6 Å². The van der Waals surface area contributed by atoms with Crippen molar-refractivity contribution in [2.24, 2.45) is 0 Å². The number of fused-ring (bicyclic) bond motifs is 1. The monoisotopic (exact) mass is 367 g/mol. The molecule has 1 atom stereocenters. The van der Waals surface area contributed by atoms with Gasteiger partial charge in [0, 0.05) is 18.7 Å². The lowest BCUT2D eigenvalue weighted by Gasteiger charge is -2.25. The molecule has 0 aliphatic carbocycles. The number of carbonyl (C=O) groups excluding carboxylic acids is 1. The highest BCUT2D eigenvalue weighted by Gasteiger charge is 2.17. The van der Waals surface area contributed by atoms with Crippen LogP contribution < -0.4 is 10.1 Å². The van der Waals surface area contributed by atoms with Crippen molar-refractivity contribution in [3.63, 3.8) is 0 Å². The first-order valence-electron chi connectivity index (χ1n) is 8.95. The number of benzene rings is 2. The van der Waals surface area contributed by atoms with Gasteiger partial charge in [-0.1, -0.05) is 17.3 Å². The van der Waals surface area contributed by atoms with Crippen LogP contribution in [-0.2, 0) is 6.54 Å². The van der Waals surface area contributed by atoms with Gasteiger partial charge in [-0.3, -0.25) is 4.79 Å². The standard InChI is InChI=1S/C20H25N5O2/c1-5-25-18-11-8-15(12-17(18)22-23-25)20(26)21-13-19(24(2)3)14-6-9-16(27-4)10-7-14/h6-12,19H,5,13H2,1-4H3,(H,21,26)/t19-/m0/s1. The summed E-state index contributed by atoms with van der Waals surface area (Å²) in [5.74, 6) is 0.692. The number of hydrogen-bond donors (Lipinski definition) is 1. The molecule has 0 aliphatic heterocycles. The molecule has 0 saturated carbocycles. The van der Waals surface area contributed by atoms with Crippen LogP contribution in [0.2, 0.25) is 0 Å². The van der Waals surface area contributed by atoms with E-state index < -0.39 is 0 Å². The largest absolute Gasteiger partial charge is 0.497 e. The van der Waals surface area contributed by atoms with E-state index in [0.717, 1.165) is 28.9 Å². The number of rotatable bonds is 7. The zero-order chi connectivity index (χ0) is 19.4. The van der Waals surface area contributed by atoms with Gasteiger partial charge in [0.25, 0.3) is 5.91 Å². The third kappa shape index (κ3) is 4.09. The predicted octanol–water partition coefficient (Wildman–Crippen LogP) is 2.49. The Bertz CT molecular complexity index is 918. The van der Waals surface area contributed by atoms with Crippen LogP contribution >= 0.6 is 0 Å². The van der Waals surface area contributed by atoms with Gasteiger partial charge in [-0.05, 0) is 56.9 Å². The highest BCUT2D eigenvalue weighted by atomic mass is 16.5. The van der Waals surface area contributed by atoms with Crippen LogP contribution in [0.3, 0.4) is 0 Å². The number of nitrogens with zero attached hydrogens (tertiary/aromatic N) is 4. The molecule has 0 spiro atoms. The zero-order valence-corrected chi connectivity index (χ0v) is 16.1. The van der Waals surface area contributed by atoms with Crippen molar-refractivity contribution in [1.29, 1.82) is 0 Å². The number of aromatic nitrogens is 3. The van der Waals surface area contributed by atoms with E-state index in [1.807, 2.05) is 62.1 Å². The Hall–Kier alpha value is -2.93. The van der Waals surface area contributed by atoms with Crippen molar-refractivity contribution in [1.82, 2.24) is 25.2 Å². The second kappa shape index (κ2) is 8.18. The van der Waals surface area contributed by atoms with Gasteiger partial charge in [-0.25, -0.2) is 4.68 Å². The fourth-order valence-corrected chi connectivity index (χ4v) is 3.06. The first kappa shape index (κ1) is 18.8. The minimum Gasteiger partial charge on any atom is -0.497 e. The average molecular weight is 367 g/mol. The zero-order valence-electron chi connectivity index (χ0n) is 16.1. The number of nitrogens with one attached hydrogen (secondary N) is 1. The van der Waals surface area contributed by atoms with Crippen LogP contribution in [0.25, 0.3) is 11.0 Å². The van der Waals surface area contributed by atoms with Crippen molar-refractivity contribution in [2.45, 2.75) is 19.5 Å². The highest BCUT2D eigenvalue weighted by Crippen LogP contribution is 2.21. The molecule has 1 heterocycles. The first-order chi connectivity index (χ1) is 13.0. The summed E-state index contributed by atoms with van der Waals surface area (Å²) in [5.41, 5.74) is 3.35. The molecule has 0 saturated heterocycles. The van der Waals surface area contributed by atoms with E-state index in [0.29, 0.717) is 12.1 Å². The molecule has 1 amide bonds. The number of ether oxygens (including phenoxy) is 1. The topological polar surface area (TPSA) is 72.3 Å². The van der Waals surface area contributed by atoms with E-state index in [2.05, 4.69) is 20.5 Å². The van der Waals surface area contributed by atoms with Gasteiger partial charge in [-0.2, -0.15) is 0 Å². The molecule has 2 aromatic carbocycles. The number of amides is 1. The number of aryl methyl sites for hydroxylation is 1. The van der Waals surface area contributed by atoms with Gasteiger partial charge >= 0.3 is 0 Å². The van der Waals surface area contributed by atoms with Crippen LogP contribution in [0.15, 0.2) is 42.5 Å². The number of likely N-dealkylation sites (N-methyl/N-ethyl adjacent to an activating group) is 1. The maximum Gasteiger partial charge on any atom is 0.251 e. The smallest absolute Gasteiger partial charge is 0.251 e. The van der Waals surface area contributed by atoms with Gasteiger partial charge in [0.15, 0.2) is 0 Å². The van der Waals surface area contributed by atoms with Gasteiger partial charge in [0.05, 0.1) is 18.7 Å². The van der Waals surface area contributed by atoms with Crippen molar-refractivity contribution in [3.05, 3.63) is 53.6 Å². The summed E-state index contributed by atoms with van der Waals surface area (Å²) in [6.45, 7) is 3.25. The molecule has 0 radical (unpaired) electrons. The van der Waals surface area contributed by atoms with Gasteiger partial charge in [0.2, 0.25) is 0 Å². The maximum absolute atomic E-state index is 12.6. The highest BCUT2D eigenvalue weighted by molar-refractivity contribution is 5.97. The SMILES string of the molecule is CCn1nnc2cc(C(=O)NC[C@@H](c3ccc(OC)cc3)N(C)C)ccc21. The Morgan fingerprint density at radius 3 is 2.59 bits per heavy atom. The maximum atomic E-state index is 12.6. The Balaban J connectivity index is 1.72. The van der Waals surface area contributed by atoms with E-state index in [-0.39, 0.29) is 11.9 Å². The molecule has 0 fully saturated rings. The fourth-order valence-electron chi connectivity index (χ4n) is 3.06. The van der Waals surface area contributed by atoms with Crippen molar-refractivity contribution >= 4 is 16.9 Å². The summed E-state index contributed by atoms with van der Waals surface area (Å²) in [6, 6.07) is 13.4. The lowest BCUT2D eigenvalue weighted by Crippen LogP contribution is -2.34. The van der Waals surface area contributed by atoms with E-state index in [1.54, 1.807) is 13.2 Å². The predicted molar refractivity (Wildman–Crippen MR) is 105 cm³/mol. The summed E-state index contributed by atoms with van der Waals surface area (Å²) in [4.78, 5) is 14.7. The molecule has 0 aliphatic rings. The second-order valence-corrected chi connectivity index (χ2v) is 6.57. The average Bonchev–Trinajstić information content (AvgIpc) is 3.10. The third-order valence-electron chi connectivity index (χ3n) is 4.66. The number of carbonyl (C=O) groups is 1. The molecule has 0 unspecified atom stereocenters. The molecule has 7 heteroatoms. The molecular formula is C20H25N5O2. The van der Waals surface area contributed by atoms with Crippen molar-refractivity contribution in [3.8, 4) is 5.75 Å². The fraction of sp³-hybridized carbons (Fsp3) is 0.350. The Morgan fingerprint density at radius 1 is 1.22 bits per heavy atom. The van der Waals surface area contributed by atoms with Crippen molar-refractivity contribution in [2.75, 3.05) is 27.7 Å². The summed E-state index contributed by atoms with van der Waals surface area (Å²) in [7, 11) is 5.64. The third-order valence-corrected chi connectivity index (χ3v) is 4.66. The second-order valence-electron chi connectivity index (χ2n) is 6.57. The summed E-state index contributed by atoms with van der Waals surface area (Å²) >= 11 is 0. The quantitative estimate of drug-likeness (QED) is 0.695. The summed E-state index contributed by atoms with van der Waals surface area (Å²) in [6.07, 6.45) is 0. The molecule has 27 heavy (non-hydrogen) atoms. The normalized spacial score (nSPS) is 12.3. The van der Waals surface area contributed by atoms with Crippen LogP contribution in [0, 0.1) is 0 Å². The van der Waals surface area contributed by atoms with E-state index in [4.69, 9.17) is 4.74 Å². The van der Waals surface area contributed by atoms with Crippen LogP contribution in [0.4, 0.5) is 0 Å². The summed E-state index contributed by atoms with van der Waals surface area (Å²) in [5, 5.41) is 11.2. The lowest BCUT2D eigenvalue weighted by atomic mass is 10.1. The Morgan fingerprint density at radius 2 is 1.96 bits per heavy atom. The Kier molecular flexibility index (Phi) is 5.71. The lowest BCUT2D eigenvalue weighted by molar-refractivity contribution is 0.0942.